The summed E-state index contributed by atoms with van der Waals surface area (Å²) in [7, 11) is 0. The Kier molecular flexibility index (Phi) is 4.25. The molecule has 1 aromatic rings. The first kappa shape index (κ1) is 13.0. The minimum absolute atomic E-state index is 0.371. The molecular weight excluding hydrogens is 256 g/mol. The van der Waals surface area contributed by atoms with Crippen molar-refractivity contribution in [2.75, 3.05) is 24.6 Å². The monoisotopic (exact) mass is 270 g/mol. The molecule has 2 rings (SSSR count). The Hall–Kier alpha value is -1.49. The molecule has 0 spiro atoms. The molecule has 1 fully saturated rings. The van der Waals surface area contributed by atoms with E-state index in [4.69, 9.17) is 21.4 Å². The second kappa shape index (κ2) is 5.91. The van der Waals surface area contributed by atoms with Crippen LogP contribution in [-0.2, 0) is 4.79 Å². The van der Waals surface area contributed by atoms with Crippen LogP contribution in [0.1, 0.15) is 19.3 Å². The summed E-state index contributed by atoms with van der Waals surface area (Å²) in [6, 6.07) is 3.27. The van der Waals surface area contributed by atoms with E-state index in [9.17, 15) is 4.79 Å². The van der Waals surface area contributed by atoms with E-state index in [-0.39, 0.29) is 6.61 Å². The maximum atomic E-state index is 10.5. The Labute approximate surface area is 110 Å². The van der Waals surface area contributed by atoms with E-state index >= 15 is 0 Å². The summed E-state index contributed by atoms with van der Waals surface area (Å²) in [5, 5.41) is 9.03. The van der Waals surface area contributed by atoms with Crippen LogP contribution in [0.2, 0.25) is 5.15 Å². The van der Waals surface area contributed by atoms with Gasteiger partial charge in [0.25, 0.3) is 0 Å². The Morgan fingerprint density at radius 2 is 2.11 bits per heavy atom. The average Bonchev–Trinajstić information content (AvgIpc) is 2.38. The fourth-order valence-corrected chi connectivity index (χ4v) is 2.14. The highest BCUT2D eigenvalue weighted by Gasteiger charge is 2.18. The van der Waals surface area contributed by atoms with Crippen LogP contribution in [0.15, 0.2) is 12.1 Å². The molecule has 98 valence electrons. The van der Waals surface area contributed by atoms with Gasteiger partial charge in [0.15, 0.2) is 18.2 Å². The highest BCUT2D eigenvalue weighted by Crippen LogP contribution is 2.30. The van der Waals surface area contributed by atoms with Gasteiger partial charge in [-0.2, -0.15) is 0 Å². The van der Waals surface area contributed by atoms with E-state index in [2.05, 4.69) is 9.88 Å². The first-order valence-electron chi connectivity index (χ1n) is 5.93. The third kappa shape index (κ3) is 3.26. The van der Waals surface area contributed by atoms with Crippen LogP contribution < -0.4 is 9.64 Å². The quantitative estimate of drug-likeness (QED) is 0.850. The molecule has 0 saturated carbocycles. The van der Waals surface area contributed by atoms with Gasteiger partial charge in [0.05, 0.1) is 0 Å². The summed E-state index contributed by atoms with van der Waals surface area (Å²) in [6.45, 7) is 1.43. The van der Waals surface area contributed by atoms with Crippen molar-refractivity contribution in [1.29, 1.82) is 0 Å². The van der Waals surface area contributed by atoms with E-state index in [1.807, 2.05) is 0 Å². The molecule has 1 aliphatic rings. The zero-order chi connectivity index (χ0) is 13.0. The van der Waals surface area contributed by atoms with Crippen LogP contribution in [0, 0.1) is 0 Å². The molecule has 2 heterocycles. The molecule has 0 unspecified atom stereocenters. The molecule has 6 heteroatoms. The van der Waals surface area contributed by atoms with Crippen molar-refractivity contribution in [2.24, 2.45) is 0 Å². The van der Waals surface area contributed by atoms with E-state index in [0.717, 1.165) is 25.9 Å². The smallest absolute Gasteiger partial charge is 0.341 e. The van der Waals surface area contributed by atoms with Crippen molar-refractivity contribution >= 4 is 23.4 Å². The number of nitrogens with zero attached hydrogens (tertiary/aromatic N) is 2. The lowest BCUT2D eigenvalue weighted by Gasteiger charge is -2.29. The van der Waals surface area contributed by atoms with Crippen LogP contribution in [0.25, 0.3) is 0 Å². The first-order valence-corrected chi connectivity index (χ1v) is 6.30. The lowest BCUT2D eigenvalue weighted by molar-refractivity contribution is -0.139. The standard InChI is InChI=1S/C12H15ClN2O3/c13-10-5-4-9(18-8-11(16)17)12(14-10)15-6-2-1-3-7-15/h4-5H,1-3,6-8H2,(H,16,17). The number of piperidine rings is 1. The fourth-order valence-electron chi connectivity index (χ4n) is 2.00. The van der Waals surface area contributed by atoms with Gasteiger partial charge in [-0.25, -0.2) is 9.78 Å². The molecule has 0 amide bonds. The lowest BCUT2D eigenvalue weighted by atomic mass is 10.1. The van der Waals surface area contributed by atoms with Gasteiger partial charge in [-0.15, -0.1) is 0 Å². The van der Waals surface area contributed by atoms with Crippen molar-refractivity contribution in [2.45, 2.75) is 19.3 Å². The van der Waals surface area contributed by atoms with Crippen LogP contribution >= 0.6 is 11.6 Å². The van der Waals surface area contributed by atoms with Gasteiger partial charge < -0.3 is 14.7 Å². The van der Waals surface area contributed by atoms with Gasteiger partial charge in [0.2, 0.25) is 0 Å². The Morgan fingerprint density at radius 1 is 1.39 bits per heavy atom. The average molecular weight is 271 g/mol. The van der Waals surface area contributed by atoms with Gasteiger partial charge >= 0.3 is 5.97 Å². The van der Waals surface area contributed by atoms with Crippen molar-refractivity contribution in [3.63, 3.8) is 0 Å². The SMILES string of the molecule is O=C(O)COc1ccc(Cl)nc1N1CCCCC1. The summed E-state index contributed by atoms with van der Waals surface area (Å²) in [4.78, 5) is 16.9. The number of anilines is 1. The second-order valence-corrected chi connectivity index (χ2v) is 4.57. The number of ether oxygens (including phenoxy) is 1. The van der Waals surface area contributed by atoms with Crippen LogP contribution in [0.4, 0.5) is 5.82 Å². The number of rotatable bonds is 4. The van der Waals surface area contributed by atoms with Gasteiger partial charge in [-0.05, 0) is 31.4 Å². The predicted molar refractivity (Wildman–Crippen MR) is 68.4 cm³/mol. The zero-order valence-corrected chi connectivity index (χ0v) is 10.7. The summed E-state index contributed by atoms with van der Waals surface area (Å²) in [5.74, 6) is 0.113. The number of carboxylic acids is 1. The fraction of sp³-hybridized carbons (Fsp3) is 0.500. The molecular formula is C12H15ClN2O3. The summed E-state index contributed by atoms with van der Waals surface area (Å²) < 4.78 is 5.24. The maximum Gasteiger partial charge on any atom is 0.341 e. The van der Waals surface area contributed by atoms with E-state index in [0.29, 0.717) is 16.7 Å². The number of halogens is 1. The van der Waals surface area contributed by atoms with Crippen LogP contribution in [-0.4, -0.2) is 35.8 Å². The van der Waals surface area contributed by atoms with Crippen LogP contribution in [0.3, 0.4) is 0 Å². The van der Waals surface area contributed by atoms with Crippen molar-refractivity contribution in [1.82, 2.24) is 4.98 Å². The number of aliphatic carboxylic acids is 1. The topological polar surface area (TPSA) is 62.7 Å². The number of aromatic nitrogens is 1. The second-order valence-electron chi connectivity index (χ2n) is 4.19. The van der Waals surface area contributed by atoms with Gasteiger partial charge in [-0.3, -0.25) is 0 Å². The Morgan fingerprint density at radius 3 is 2.78 bits per heavy atom. The van der Waals surface area contributed by atoms with Crippen molar-refractivity contribution < 1.29 is 14.6 Å². The minimum Gasteiger partial charge on any atom is -0.479 e. The van der Waals surface area contributed by atoms with Crippen molar-refractivity contribution in [3.05, 3.63) is 17.3 Å². The first-order chi connectivity index (χ1) is 8.66. The molecule has 0 atom stereocenters. The van der Waals surface area contributed by atoms with Gasteiger partial charge in [-0.1, -0.05) is 11.6 Å². The molecule has 0 radical (unpaired) electrons. The molecule has 5 nitrogen and oxygen atoms in total. The largest absolute Gasteiger partial charge is 0.479 e. The molecule has 18 heavy (non-hydrogen) atoms. The highest BCUT2D eigenvalue weighted by molar-refractivity contribution is 6.29. The van der Waals surface area contributed by atoms with E-state index < -0.39 is 5.97 Å². The molecule has 0 aliphatic carbocycles. The number of pyridine rings is 1. The van der Waals surface area contributed by atoms with Crippen LogP contribution in [0.5, 0.6) is 5.75 Å². The minimum atomic E-state index is -1.01. The Balaban J connectivity index is 2.19. The molecule has 0 aromatic carbocycles. The molecule has 1 saturated heterocycles. The number of carboxylic acid groups (broad SMARTS) is 1. The van der Waals surface area contributed by atoms with E-state index in [1.54, 1.807) is 12.1 Å². The molecule has 1 aromatic heterocycles. The lowest BCUT2D eigenvalue weighted by Crippen LogP contribution is -2.30. The Bertz CT molecular complexity index is 433. The number of carbonyl (C=O) groups is 1. The van der Waals surface area contributed by atoms with Gasteiger partial charge in [0, 0.05) is 13.1 Å². The summed E-state index contributed by atoms with van der Waals surface area (Å²) in [5.41, 5.74) is 0. The highest BCUT2D eigenvalue weighted by atomic mass is 35.5. The molecule has 1 aliphatic heterocycles. The van der Waals surface area contributed by atoms with Gasteiger partial charge in [0.1, 0.15) is 5.15 Å². The predicted octanol–water partition coefficient (Wildman–Crippen LogP) is 2.19. The third-order valence-corrected chi connectivity index (χ3v) is 3.02. The van der Waals surface area contributed by atoms with Crippen molar-refractivity contribution in [3.8, 4) is 5.75 Å². The normalized spacial score (nSPS) is 15.5. The van der Waals surface area contributed by atoms with E-state index in [1.165, 1.54) is 6.42 Å². The summed E-state index contributed by atoms with van der Waals surface area (Å²) >= 11 is 5.89. The number of hydrogen-bond donors (Lipinski definition) is 1. The summed E-state index contributed by atoms with van der Waals surface area (Å²) in [6.07, 6.45) is 3.42. The number of hydrogen-bond acceptors (Lipinski definition) is 4. The molecule has 1 N–H and O–H groups in total. The third-order valence-electron chi connectivity index (χ3n) is 2.81. The molecule has 0 bridgehead atoms. The zero-order valence-electron chi connectivity index (χ0n) is 9.93. The maximum absolute atomic E-state index is 10.5.